The number of nitrogens with zero attached hydrogens (tertiary/aromatic N) is 3. The molecular weight excluding hydrogens is 426 g/mol. The maximum absolute atomic E-state index is 12.2. The van der Waals surface area contributed by atoms with Gasteiger partial charge in [-0.05, 0) is 57.5 Å². The minimum absolute atomic E-state index is 0.0538. The summed E-state index contributed by atoms with van der Waals surface area (Å²) in [6, 6.07) is 7.33. The standard InChI is InChI=1S/C20H26ClN5O3S/c1-14(26-9-2-3-10-26)7-8-22-17(27)12-29-13-18-24-25-20(30-18)19(28)23-16-6-4-5-15(21)11-16/h4-6,11,14H,2-3,7-10,12-13H2,1H3,(H,22,27)(H,23,28). The number of likely N-dealkylation sites (tertiary alicyclic amines) is 1. The zero-order valence-corrected chi connectivity index (χ0v) is 18.5. The summed E-state index contributed by atoms with van der Waals surface area (Å²) in [5.41, 5.74) is 0.580. The summed E-state index contributed by atoms with van der Waals surface area (Å²) in [6.45, 7) is 5.20. The summed E-state index contributed by atoms with van der Waals surface area (Å²) in [5.74, 6) is -0.530. The summed E-state index contributed by atoms with van der Waals surface area (Å²) < 4.78 is 5.40. The number of anilines is 1. The third-order valence-electron chi connectivity index (χ3n) is 4.85. The third kappa shape index (κ3) is 7.02. The highest BCUT2D eigenvalue weighted by molar-refractivity contribution is 7.13. The molecule has 0 aliphatic carbocycles. The number of rotatable bonds is 10. The molecule has 1 saturated heterocycles. The second-order valence-electron chi connectivity index (χ2n) is 7.19. The SMILES string of the molecule is CC(CCNC(=O)COCc1nnc(C(=O)Nc2cccc(Cl)c2)s1)N1CCCC1. The molecule has 0 radical (unpaired) electrons. The van der Waals surface area contributed by atoms with E-state index in [4.69, 9.17) is 16.3 Å². The Hall–Kier alpha value is -2.07. The number of carbonyl (C=O) groups is 2. The van der Waals surface area contributed by atoms with Crippen molar-refractivity contribution in [3.63, 3.8) is 0 Å². The van der Waals surface area contributed by atoms with E-state index >= 15 is 0 Å². The van der Waals surface area contributed by atoms with E-state index in [-0.39, 0.29) is 30.0 Å². The van der Waals surface area contributed by atoms with Crippen LogP contribution < -0.4 is 10.6 Å². The largest absolute Gasteiger partial charge is 0.364 e. The maximum Gasteiger partial charge on any atom is 0.286 e. The van der Waals surface area contributed by atoms with Crippen molar-refractivity contribution in [2.75, 3.05) is 31.6 Å². The average molecular weight is 452 g/mol. The molecule has 3 rings (SSSR count). The van der Waals surface area contributed by atoms with Crippen molar-refractivity contribution in [2.24, 2.45) is 0 Å². The first-order chi connectivity index (χ1) is 14.5. The zero-order valence-electron chi connectivity index (χ0n) is 16.9. The van der Waals surface area contributed by atoms with Gasteiger partial charge in [-0.2, -0.15) is 0 Å². The summed E-state index contributed by atoms with van der Waals surface area (Å²) in [6.07, 6.45) is 3.45. The van der Waals surface area contributed by atoms with Gasteiger partial charge in [0.25, 0.3) is 5.91 Å². The Bertz CT molecular complexity index is 856. The molecule has 1 aromatic carbocycles. The van der Waals surface area contributed by atoms with Gasteiger partial charge in [-0.3, -0.25) is 9.59 Å². The Kier molecular flexibility index (Phi) is 8.56. The minimum Gasteiger partial charge on any atom is -0.364 e. The van der Waals surface area contributed by atoms with Crippen LogP contribution in [0.25, 0.3) is 0 Å². The van der Waals surface area contributed by atoms with Gasteiger partial charge in [-0.25, -0.2) is 0 Å². The number of hydrogen-bond acceptors (Lipinski definition) is 7. The molecule has 2 N–H and O–H groups in total. The highest BCUT2D eigenvalue weighted by atomic mass is 35.5. The van der Waals surface area contributed by atoms with Crippen LogP contribution in [0.5, 0.6) is 0 Å². The van der Waals surface area contributed by atoms with Crippen LogP contribution >= 0.6 is 22.9 Å². The number of halogens is 1. The van der Waals surface area contributed by atoms with Crippen LogP contribution in [-0.4, -0.2) is 59.2 Å². The number of hydrogen-bond donors (Lipinski definition) is 2. The molecule has 10 heteroatoms. The van der Waals surface area contributed by atoms with E-state index in [0.29, 0.717) is 28.3 Å². The van der Waals surface area contributed by atoms with Crippen molar-refractivity contribution >= 4 is 40.4 Å². The second kappa shape index (κ2) is 11.4. The second-order valence-corrected chi connectivity index (χ2v) is 8.69. The zero-order chi connectivity index (χ0) is 21.3. The number of benzene rings is 1. The first kappa shape index (κ1) is 22.6. The molecule has 1 atom stereocenters. The Morgan fingerprint density at radius 3 is 2.87 bits per heavy atom. The predicted octanol–water partition coefficient (Wildman–Crippen LogP) is 2.95. The van der Waals surface area contributed by atoms with E-state index in [9.17, 15) is 9.59 Å². The number of nitrogens with one attached hydrogen (secondary N) is 2. The Balaban J connectivity index is 1.33. The molecule has 162 valence electrons. The van der Waals surface area contributed by atoms with Gasteiger partial charge < -0.3 is 20.3 Å². The topological polar surface area (TPSA) is 96.5 Å². The first-order valence-corrected chi connectivity index (χ1v) is 11.2. The monoisotopic (exact) mass is 451 g/mol. The van der Waals surface area contributed by atoms with E-state index < -0.39 is 0 Å². The lowest BCUT2D eigenvalue weighted by atomic mass is 10.2. The van der Waals surface area contributed by atoms with Crippen molar-refractivity contribution in [3.8, 4) is 0 Å². The number of amides is 2. The van der Waals surface area contributed by atoms with Gasteiger partial charge in [0.2, 0.25) is 10.9 Å². The Morgan fingerprint density at radius 1 is 1.30 bits per heavy atom. The van der Waals surface area contributed by atoms with Gasteiger partial charge in [0, 0.05) is 23.3 Å². The molecular formula is C20H26ClN5O3S. The Morgan fingerprint density at radius 2 is 2.10 bits per heavy atom. The molecule has 2 heterocycles. The van der Waals surface area contributed by atoms with Crippen LogP contribution in [0, 0.1) is 0 Å². The average Bonchev–Trinajstić information content (AvgIpc) is 3.40. The molecule has 2 aromatic rings. The van der Waals surface area contributed by atoms with E-state index in [1.165, 1.54) is 12.8 Å². The summed E-state index contributed by atoms with van der Waals surface area (Å²) in [4.78, 5) is 26.6. The van der Waals surface area contributed by atoms with Gasteiger partial charge in [0.15, 0.2) is 0 Å². The van der Waals surface area contributed by atoms with Crippen LogP contribution in [0.4, 0.5) is 5.69 Å². The van der Waals surface area contributed by atoms with E-state index in [1.807, 2.05) is 0 Å². The summed E-state index contributed by atoms with van der Waals surface area (Å²) >= 11 is 7.03. The van der Waals surface area contributed by atoms with Crippen LogP contribution in [0.15, 0.2) is 24.3 Å². The molecule has 1 aliphatic rings. The Labute approximate surface area is 185 Å². The van der Waals surface area contributed by atoms with Crippen LogP contribution in [0.3, 0.4) is 0 Å². The molecule has 0 spiro atoms. The summed E-state index contributed by atoms with van der Waals surface area (Å²) in [7, 11) is 0. The third-order valence-corrected chi connectivity index (χ3v) is 5.98. The fraction of sp³-hybridized carbons (Fsp3) is 0.500. The molecule has 1 fully saturated rings. The first-order valence-electron chi connectivity index (χ1n) is 9.99. The molecule has 8 nitrogen and oxygen atoms in total. The van der Waals surface area contributed by atoms with Crippen LogP contribution in [-0.2, 0) is 16.1 Å². The molecule has 1 aliphatic heterocycles. The van der Waals surface area contributed by atoms with Gasteiger partial charge in [0.05, 0.1) is 0 Å². The minimum atomic E-state index is -0.370. The van der Waals surface area contributed by atoms with Gasteiger partial charge >= 0.3 is 0 Å². The smallest absolute Gasteiger partial charge is 0.286 e. The maximum atomic E-state index is 12.2. The van der Waals surface area contributed by atoms with Gasteiger partial charge in [-0.1, -0.05) is 29.0 Å². The molecule has 0 bridgehead atoms. The number of aromatic nitrogens is 2. The molecule has 0 saturated carbocycles. The highest BCUT2D eigenvalue weighted by Gasteiger charge is 2.18. The molecule has 2 amide bonds. The highest BCUT2D eigenvalue weighted by Crippen LogP contribution is 2.17. The molecule has 1 aromatic heterocycles. The number of carbonyl (C=O) groups excluding carboxylic acids is 2. The van der Waals surface area contributed by atoms with Gasteiger partial charge in [-0.15, -0.1) is 10.2 Å². The van der Waals surface area contributed by atoms with Crippen LogP contribution in [0.2, 0.25) is 5.02 Å². The molecule has 1 unspecified atom stereocenters. The fourth-order valence-corrected chi connectivity index (χ4v) is 4.08. The normalized spacial score (nSPS) is 15.1. The number of ether oxygens (including phenoxy) is 1. The van der Waals surface area contributed by atoms with Crippen molar-refractivity contribution in [1.82, 2.24) is 20.4 Å². The quantitative estimate of drug-likeness (QED) is 0.576. The van der Waals surface area contributed by atoms with Crippen molar-refractivity contribution in [3.05, 3.63) is 39.3 Å². The van der Waals surface area contributed by atoms with Crippen molar-refractivity contribution < 1.29 is 14.3 Å². The predicted molar refractivity (Wildman–Crippen MR) is 117 cm³/mol. The van der Waals surface area contributed by atoms with E-state index in [0.717, 1.165) is 30.8 Å². The lowest BCUT2D eigenvalue weighted by molar-refractivity contribution is -0.126. The van der Waals surface area contributed by atoms with E-state index in [2.05, 4.69) is 32.7 Å². The van der Waals surface area contributed by atoms with Gasteiger partial charge in [0.1, 0.15) is 18.2 Å². The molecule has 30 heavy (non-hydrogen) atoms. The van der Waals surface area contributed by atoms with Crippen molar-refractivity contribution in [1.29, 1.82) is 0 Å². The fourth-order valence-electron chi connectivity index (χ4n) is 3.22. The lowest BCUT2D eigenvalue weighted by Gasteiger charge is -2.23. The summed E-state index contributed by atoms with van der Waals surface area (Å²) in [5, 5.41) is 14.7. The lowest BCUT2D eigenvalue weighted by Crippen LogP contribution is -2.35. The van der Waals surface area contributed by atoms with E-state index in [1.54, 1.807) is 24.3 Å². The van der Waals surface area contributed by atoms with Crippen molar-refractivity contribution in [2.45, 2.75) is 38.8 Å². The van der Waals surface area contributed by atoms with Crippen LogP contribution in [0.1, 0.15) is 41.0 Å².